The first-order valence-corrected chi connectivity index (χ1v) is 7.48. The van der Waals surface area contributed by atoms with Gasteiger partial charge in [-0.2, -0.15) is 0 Å². The number of methoxy groups -OCH3 is 1. The molecule has 2 rings (SSSR count). The van der Waals surface area contributed by atoms with Gasteiger partial charge in [0, 0.05) is 19.5 Å². The first kappa shape index (κ1) is 18.5. The van der Waals surface area contributed by atoms with E-state index < -0.39 is 0 Å². The fraction of sp³-hybridized carbons (Fsp3) is 0.471. The Bertz CT molecular complexity index is 517. The highest BCUT2D eigenvalue weighted by Crippen LogP contribution is 2.23. The van der Waals surface area contributed by atoms with Gasteiger partial charge in [0.25, 0.3) is 0 Å². The number of nitrogens with one attached hydrogen (secondary N) is 2. The Labute approximate surface area is 138 Å². The molecular formula is C17H25ClN2O2. The van der Waals surface area contributed by atoms with Gasteiger partial charge in [0.15, 0.2) is 0 Å². The normalized spacial score (nSPS) is 15.3. The number of ether oxygens (including phenoxy) is 1. The summed E-state index contributed by atoms with van der Waals surface area (Å²) in [7, 11) is 1.66. The van der Waals surface area contributed by atoms with Crippen LogP contribution < -0.4 is 15.4 Å². The average molecular weight is 325 g/mol. The third kappa shape index (κ3) is 5.70. The molecule has 0 saturated carbocycles. The lowest BCUT2D eigenvalue weighted by Gasteiger charge is -2.16. The number of carbonyl (C=O) groups excluding carboxylic acids is 1. The minimum atomic E-state index is 0. The van der Waals surface area contributed by atoms with Crippen molar-refractivity contribution in [3.05, 3.63) is 41.5 Å². The highest BCUT2D eigenvalue weighted by atomic mass is 35.5. The van der Waals surface area contributed by atoms with Crippen molar-refractivity contribution in [1.29, 1.82) is 0 Å². The van der Waals surface area contributed by atoms with E-state index in [1.807, 2.05) is 24.3 Å². The van der Waals surface area contributed by atoms with Crippen molar-refractivity contribution in [2.45, 2.75) is 25.7 Å². The second-order valence-electron chi connectivity index (χ2n) is 5.48. The van der Waals surface area contributed by atoms with E-state index in [9.17, 15) is 4.79 Å². The van der Waals surface area contributed by atoms with Crippen LogP contribution in [-0.4, -0.2) is 32.7 Å². The molecule has 1 heterocycles. The highest BCUT2D eigenvalue weighted by Gasteiger charge is 2.12. The molecule has 0 radical (unpaired) electrons. The third-order valence-electron chi connectivity index (χ3n) is 3.82. The summed E-state index contributed by atoms with van der Waals surface area (Å²) in [5.41, 5.74) is 2.45. The van der Waals surface area contributed by atoms with Crippen LogP contribution in [-0.2, 0) is 4.79 Å². The molecule has 1 atom stereocenters. The molecule has 0 aliphatic carbocycles. The van der Waals surface area contributed by atoms with Crippen molar-refractivity contribution in [2.75, 3.05) is 26.7 Å². The predicted molar refractivity (Wildman–Crippen MR) is 91.9 cm³/mol. The van der Waals surface area contributed by atoms with E-state index in [1.165, 1.54) is 5.57 Å². The Morgan fingerprint density at radius 1 is 1.45 bits per heavy atom. The summed E-state index contributed by atoms with van der Waals surface area (Å²) in [6.07, 6.45) is 3.68. The van der Waals surface area contributed by atoms with E-state index in [-0.39, 0.29) is 24.2 Å². The Kier molecular flexibility index (Phi) is 7.99. The Morgan fingerprint density at radius 3 is 2.95 bits per heavy atom. The largest absolute Gasteiger partial charge is 0.497 e. The van der Waals surface area contributed by atoms with E-state index in [0.29, 0.717) is 13.0 Å². The van der Waals surface area contributed by atoms with Crippen LogP contribution in [0.2, 0.25) is 0 Å². The zero-order chi connectivity index (χ0) is 15.1. The second-order valence-corrected chi connectivity index (χ2v) is 5.48. The maximum Gasteiger partial charge on any atom is 0.220 e. The number of amides is 1. The molecule has 0 saturated heterocycles. The minimum absolute atomic E-state index is 0. The summed E-state index contributed by atoms with van der Waals surface area (Å²) in [6.45, 7) is 4.65. The minimum Gasteiger partial charge on any atom is -0.497 e. The number of hydrogen-bond donors (Lipinski definition) is 2. The highest BCUT2D eigenvalue weighted by molar-refractivity contribution is 5.85. The van der Waals surface area contributed by atoms with E-state index in [0.717, 1.165) is 30.8 Å². The molecular weight excluding hydrogens is 300 g/mol. The smallest absolute Gasteiger partial charge is 0.220 e. The average Bonchev–Trinajstić information content (AvgIpc) is 2.54. The lowest BCUT2D eigenvalue weighted by Crippen LogP contribution is -2.30. The summed E-state index contributed by atoms with van der Waals surface area (Å²) in [5.74, 6) is 1.12. The van der Waals surface area contributed by atoms with Crippen LogP contribution >= 0.6 is 12.4 Å². The lowest BCUT2D eigenvalue weighted by atomic mass is 9.97. The Hall–Kier alpha value is -1.52. The third-order valence-corrected chi connectivity index (χ3v) is 3.82. The number of carbonyl (C=O) groups is 1. The SMILES string of the molecule is COc1cccc(C(C)CC(=O)NCC2=CCNCC2)c1.Cl. The zero-order valence-electron chi connectivity index (χ0n) is 13.2. The second kappa shape index (κ2) is 9.49. The van der Waals surface area contributed by atoms with E-state index >= 15 is 0 Å². The van der Waals surface area contributed by atoms with Crippen molar-refractivity contribution < 1.29 is 9.53 Å². The molecule has 122 valence electrons. The molecule has 0 fully saturated rings. The van der Waals surface area contributed by atoms with Crippen LogP contribution in [0, 0.1) is 0 Å². The molecule has 1 amide bonds. The van der Waals surface area contributed by atoms with Crippen molar-refractivity contribution in [1.82, 2.24) is 10.6 Å². The van der Waals surface area contributed by atoms with Gasteiger partial charge in [0.1, 0.15) is 5.75 Å². The lowest BCUT2D eigenvalue weighted by molar-refractivity contribution is -0.121. The topological polar surface area (TPSA) is 50.4 Å². The van der Waals surface area contributed by atoms with Gasteiger partial charge in [0.05, 0.1) is 7.11 Å². The molecule has 0 bridgehead atoms. The van der Waals surface area contributed by atoms with Crippen LogP contribution in [0.4, 0.5) is 0 Å². The zero-order valence-corrected chi connectivity index (χ0v) is 14.0. The van der Waals surface area contributed by atoms with Gasteiger partial charge in [-0.25, -0.2) is 0 Å². The van der Waals surface area contributed by atoms with Crippen molar-refractivity contribution in [3.63, 3.8) is 0 Å². The summed E-state index contributed by atoms with van der Waals surface area (Å²) in [4.78, 5) is 12.0. The fourth-order valence-electron chi connectivity index (χ4n) is 2.46. The molecule has 1 unspecified atom stereocenters. The quantitative estimate of drug-likeness (QED) is 0.791. The van der Waals surface area contributed by atoms with Crippen molar-refractivity contribution in [3.8, 4) is 5.75 Å². The number of benzene rings is 1. The van der Waals surface area contributed by atoms with E-state index in [1.54, 1.807) is 7.11 Å². The first-order valence-electron chi connectivity index (χ1n) is 7.48. The molecule has 0 spiro atoms. The molecule has 4 nitrogen and oxygen atoms in total. The van der Waals surface area contributed by atoms with Gasteiger partial charge in [-0.1, -0.05) is 30.7 Å². The van der Waals surface area contributed by atoms with Gasteiger partial charge < -0.3 is 15.4 Å². The molecule has 1 aliphatic rings. The monoisotopic (exact) mass is 324 g/mol. The van der Waals surface area contributed by atoms with Crippen LogP contribution in [0.5, 0.6) is 5.75 Å². The van der Waals surface area contributed by atoms with Gasteiger partial charge in [-0.15, -0.1) is 12.4 Å². The maximum atomic E-state index is 12.0. The van der Waals surface area contributed by atoms with Crippen LogP contribution in [0.15, 0.2) is 35.9 Å². The predicted octanol–water partition coefficient (Wildman–Crippen LogP) is 2.65. The summed E-state index contributed by atoms with van der Waals surface area (Å²) < 4.78 is 5.22. The molecule has 1 aromatic carbocycles. The van der Waals surface area contributed by atoms with Gasteiger partial charge in [0.2, 0.25) is 5.91 Å². The fourth-order valence-corrected chi connectivity index (χ4v) is 2.46. The van der Waals surface area contributed by atoms with Crippen LogP contribution in [0.25, 0.3) is 0 Å². The Balaban J connectivity index is 0.00000242. The number of halogens is 1. The molecule has 2 N–H and O–H groups in total. The molecule has 1 aliphatic heterocycles. The van der Waals surface area contributed by atoms with Crippen molar-refractivity contribution in [2.24, 2.45) is 0 Å². The first-order chi connectivity index (χ1) is 10.2. The van der Waals surface area contributed by atoms with Crippen molar-refractivity contribution >= 4 is 18.3 Å². The molecule has 0 aromatic heterocycles. The van der Waals surface area contributed by atoms with Crippen LogP contribution in [0.3, 0.4) is 0 Å². The summed E-state index contributed by atoms with van der Waals surface area (Å²) in [6, 6.07) is 7.91. The van der Waals surface area contributed by atoms with E-state index in [4.69, 9.17) is 4.74 Å². The molecule has 22 heavy (non-hydrogen) atoms. The van der Waals surface area contributed by atoms with Gasteiger partial charge in [-0.05, 0) is 36.6 Å². The van der Waals surface area contributed by atoms with E-state index in [2.05, 4.69) is 23.6 Å². The maximum absolute atomic E-state index is 12.0. The standard InChI is InChI=1S/C17H24N2O2.ClH/c1-13(15-4-3-5-16(11-15)21-2)10-17(20)19-12-14-6-8-18-9-7-14;/h3-6,11,13,18H,7-10,12H2,1-2H3,(H,19,20);1H. The number of rotatable bonds is 6. The van der Waals surface area contributed by atoms with Crippen LogP contribution in [0.1, 0.15) is 31.2 Å². The molecule has 5 heteroatoms. The van der Waals surface area contributed by atoms with Gasteiger partial charge >= 0.3 is 0 Å². The van der Waals surface area contributed by atoms with Gasteiger partial charge in [-0.3, -0.25) is 4.79 Å². The molecule has 1 aromatic rings. The number of hydrogen-bond acceptors (Lipinski definition) is 3. The Morgan fingerprint density at radius 2 is 2.27 bits per heavy atom. The summed E-state index contributed by atoms with van der Waals surface area (Å²) >= 11 is 0. The summed E-state index contributed by atoms with van der Waals surface area (Å²) in [5, 5.41) is 6.28.